The third-order valence-electron chi connectivity index (χ3n) is 7.74. The van der Waals surface area contributed by atoms with Crippen LogP contribution >= 0.6 is 11.6 Å². The van der Waals surface area contributed by atoms with Crippen molar-refractivity contribution in [3.8, 4) is 5.75 Å². The molecule has 2 amide bonds. The fourth-order valence-corrected chi connectivity index (χ4v) is 6.99. The quantitative estimate of drug-likeness (QED) is 0.348. The van der Waals surface area contributed by atoms with Crippen molar-refractivity contribution in [2.75, 3.05) is 13.4 Å². The van der Waals surface area contributed by atoms with Gasteiger partial charge in [-0.1, -0.05) is 48.7 Å². The molecule has 1 aliphatic carbocycles. The van der Waals surface area contributed by atoms with E-state index in [9.17, 15) is 18.0 Å². The number of amides is 2. The lowest BCUT2D eigenvalue weighted by Crippen LogP contribution is -2.59. The highest BCUT2D eigenvalue weighted by Gasteiger charge is 2.50. The number of nitrogens with one attached hydrogen (secondary N) is 2. The van der Waals surface area contributed by atoms with E-state index < -0.39 is 40.0 Å². The molecule has 222 valence electrons. The van der Waals surface area contributed by atoms with Crippen LogP contribution in [0.25, 0.3) is 0 Å². The summed E-state index contributed by atoms with van der Waals surface area (Å²) in [6.45, 7) is 0.0370. The molecular weight excluding hydrogens is 580 g/mol. The van der Waals surface area contributed by atoms with Gasteiger partial charge in [0.2, 0.25) is 10.0 Å². The van der Waals surface area contributed by atoms with Crippen LogP contribution in [0.15, 0.2) is 66.9 Å². The molecule has 1 fully saturated rings. The van der Waals surface area contributed by atoms with Crippen molar-refractivity contribution in [3.63, 3.8) is 0 Å². The van der Waals surface area contributed by atoms with Crippen LogP contribution in [0.5, 0.6) is 5.75 Å². The Bertz CT molecular complexity index is 1540. The second-order valence-electron chi connectivity index (χ2n) is 10.5. The van der Waals surface area contributed by atoms with Gasteiger partial charge in [0, 0.05) is 34.4 Å². The summed E-state index contributed by atoms with van der Waals surface area (Å²) < 4.78 is 33.1. The summed E-state index contributed by atoms with van der Waals surface area (Å²) in [6.07, 6.45) is 5.49. The van der Waals surface area contributed by atoms with Crippen molar-refractivity contribution in [3.05, 3.63) is 94.3 Å². The maximum Gasteiger partial charge on any atom is 0.255 e. The Morgan fingerprint density at radius 2 is 1.83 bits per heavy atom. The molecule has 0 radical (unpaired) electrons. The minimum absolute atomic E-state index is 0.0370. The van der Waals surface area contributed by atoms with Gasteiger partial charge in [0.05, 0.1) is 31.0 Å². The van der Waals surface area contributed by atoms with Crippen molar-refractivity contribution in [1.29, 1.82) is 0 Å². The third-order valence-corrected chi connectivity index (χ3v) is 8.73. The summed E-state index contributed by atoms with van der Waals surface area (Å²) in [5, 5.41) is 0.499. The first-order valence-corrected chi connectivity index (χ1v) is 16.0. The summed E-state index contributed by atoms with van der Waals surface area (Å²) in [6, 6.07) is 15.6. The second-order valence-corrected chi connectivity index (χ2v) is 12.7. The lowest BCUT2D eigenvalue weighted by molar-refractivity contribution is -0.138. The maximum absolute atomic E-state index is 14.4. The number of pyridine rings is 1. The summed E-state index contributed by atoms with van der Waals surface area (Å²) in [4.78, 5) is 40.0. The Morgan fingerprint density at radius 3 is 2.52 bits per heavy atom. The fraction of sp³-hybridized carbons (Fsp3) is 0.367. The molecule has 0 spiro atoms. The predicted octanol–water partition coefficient (Wildman–Crippen LogP) is 4.13. The first kappa shape index (κ1) is 30.0. The normalized spacial score (nSPS) is 22.4. The van der Waals surface area contributed by atoms with Gasteiger partial charge in [0.25, 0.3) is 11.8 Å². The summed E-state index contributed by atoms with van der Waals surface area (Å²) in [5.74, 6) is -1.37. The summed E-state index contributed by atoms with van der Waals surface area (Å²) >= 11 is 6.23. The van der Waals surface area contributed by atoms with Crippen LogP contribution in [0, 0.1) is 0 Å². The van der Waals surface area contributed by atoms with E-state index in [1.54, 1.807) is 65.7 Å². The Hall–Kier alpha value is -3.51. The highest BCUT2D eigenvalue weighted by molar-refractivity contribution is 7.88. The lowest BCUT2D eigenvalue weighted by Gasteiger charge is -2.49. The van der Waals surface area contributed by atoms with Crippen LogP contribution in [0.4, 0.5) is 0 Å². The van der Waals surface area contributed by atoms with Crippen molar-refractivity contribution in [2.24, 2.45) is 0 Å². The van der Waals surface area contributed by atoms with Crippen molar-refractivity contribution in [1.82, 2.24) is 20.1 Å². The molecule has 1 saturated carbocycles. The monoisotopic (exact) mass is 612 g/mol. The van der Waals surface area contributed by atoms with Crippen LogP contribution in [-0.2, 0) is 26.3 Å². The number of fused-ring (bicyclic) bond motifs is 1. The highest BCUT2D eigenvalue weighted by atomic mass is 35.5. The average molecular weight is 613 g/mol. The third kappa shape index (κ3) is 6.44. The SMILES string of the molecule is COc1cccc2c1[C@@H](C(=O)NOCc1ccccn1)[C@H](c1ccc(Cl)cc1)N(C1CCCC[C@@H]1NS(C)(=O)=O)C2=O. The zero-order chi connectivity index (χ0) is 29.9. The van der Waals surface area contributed by atoms with Gasteiger partial charge in [0.1, 0.15) is 12.4 Å². The zero-order valence-electron chi connectivity index (χ0n) is 23.3. The highest BCUT2D eigenvalue weighted by Crippen LogP contribution is 2.48. The molecule has 1 aliphatic heterocycles. The van der Waals surface area contributed by atoms with Gasteiger partial charge in [-0.15, -0.1) is 0 Å². The maximum atomic E-state index is 14.4. The van der Waals surface area contributed by atoms with Crippen molar-refractivity contribution >= 4 is 33.4 Å². The number of ether oxygens (including phenoxy) is 1. The number of sulfonamides is 1. The van der Waals surface area contributed by atoms with Crippen LogP contribution in [0.2, 0.25) is 5.02 Å². The van der Waals surface area contributed by atoms with Crippen molar-refractivity contribution < 1.29 is 27.6 Å². The van der Waals surface area contributed by atoms with E-state index in [0.29, 0.717) is 46.0 Å². The number of benzene rings is 2. The molecule has 42 heavy (non-hydrogen) atoms. The van der Waals surface area contributed by atoms with E-state index in [4.69, 9.17) is 21.2 Å². The molecule has 10 nitrogen and oxygen atoms in total. The van der Waals surface area contributed by atoms with E-state index in [2.05, 4.69) is 15.2 Å². The fourth-order valence-electron chi connectivity index (χ4n) is 6.04. The van der Waals surface area contributed by atoms with E-state index >= 15 is 0 Å². The molecule has 1 aromatic heterocycles. The molecule has 12 heteroatoms. The minimum Gasteiger partial charge on any atom is -0.496 e. The lowest BCUT2D eigenvalue weighted by atomic mass is 9.76. The van der Waals surface area contributed by atoms with E-state index in [1.807, 2.05) is 6.07 Å². The topological polar surface area (TPSA) is 127 Å². The Labute approximate surface area is 250 Å². The number of carbonyl (C=O) groups is 2. The number of hydrogen-bond acceptors (Lipinski definition) is 7. The van der Waals surface area contributed by atoms with Gasteiger partial charge in [0.15, 0.2) is 0 Å². The molecule has 5 rings (SSSR count). The van der Waals surface area contributed by atoms with Crippen LogP contribution in [-0.4, -0.2) is 55.6 Å². The molecule has 4 atom stereocenters. The number of rotatable bonds is 9. The number of halogens is 1. The Balaban J connectivity index is 1.62. The van der Waals surface area contributed by atoms with Gasteiger partial charge in [-0.3, -0.25) is 19.4 Å². The molecule has 0 bridgehead atoms. The molecule has 3 aromatic rings. The van der Waals surface area contributed by atoms with Gasteiger partial charge >= 0.3 is 0 Å². The Morgan fingerprint density at radius 1 is 1.07 bits per heavy atom. The molecule has 1 unspecified atom stereocenters. The van der Waals surface area contributed by atoms with Gasteiger partial charge in [-0.2, -0.15) is 0 Å². The van der Waals surface area contributed by atoms with Gasteiger partial charge < -0.3 is 9.64 Å². The molecule has 2 aromatic carbocycles. The summed E-state index contributed by atoms with van der Waals surface area (Å²) in [7, 11) is -2.08. The van der Waals surface area contributed by atoms with Crippen molar-refractivity contribution in [2.45, 2.75) is 56.3 Å². The van der Waals surface area contributed by atoms with Gasteiger partial charge in [-0.05, 0) is 54.8 Å². The molecular formula is C30H33ClN4O6S. The molecule has 2 N–H and O–H groups in total. The molecule has 2 aliphatic rings. The molecule has 0 saturated heterocycles. The number of hydrogen-bond donors (Lipinski definition) is 2. The van der Waals surface area contributed by atoms with Crippen LogP contribution in [0.3, 0.4) is 0 Å². The number of hydroxylamine groups is 1. The Kier molecular flexibility index (Phi) is 9.12. The smallest absolute Gasteiger partial charge is 0.255 e. The van der Waals surface area contributed by atoms with Crippen LogP contribution in [0.1, 0.15) is 64.8 Å². The summed E-state index contributed by atoms with van der Waals surface area (Å²) in [5.41, 5.74) is 4.62. The van der Waals surface area contributed by atoms with Crippen LogP contribution < -0.4 is 14.9 Å². The second kappa shape index (κ2) is 12.8. The standard InChI is InChI=1S/C30H33ClN4O6S/c1-40-25-12-7-9-22-26(25)27(29(36)33-41-18-21-8-5-6-17-32-21)28(19-13-15-20(31)16-14-19)35(30(22)37)24-11-4-3-10-23(24)34-42(2,38)39/h5-9,12-17,23-24,27-28,34H,3-4,10-11,18H2,1-2H3,(H,33,36)/t23-,24?,27+,28-/m0/s1. The minimum atomic E-state index is -3.57. The predicted molar refractivity (Wildman–Crippen MR) is 157 cm³/mol. The zero-order valence-corrected chi connectivity index (χ0v) is 24.9. The van der Waals surface area contributed by atoms with Gasteiger partial charge in [-0.25, -0.2) is 18.6 Å². The number of nitrogens with zero attached hydrogens (tertiary/aromatic N) is 2. The largest absolute Gasteiger partial charge is 0.496 e. The first-order chi connectivity index (χ1) is 20.2. The van der Waals surface area contributed by atoms with E-state index in [-0.39, 0.29) is 12.5 Å². The first-order valence-electron chi connectivity index (χ1n) is 13.7. The number of carbonyl (C=O) groups excluding carboxylic acids is 2. The average Bonchev–Trinajstić information content (AvgIpc) is 2.97. The number of methoxy groups -OCH3 is 1. The molecule has 2 heterocycles. The van der Waals surface area contributed by atoms with E-state index in [0.717, 1.165) is 19.1 Å². The van der Waals surface area contributed by atoms with E-state index in [1.165, 1.54) is 7.11 Å². The number of aromatic nitrogens is 1.